The van der Waals surface area contributed by atoms with E-state index in [9.17, 15) is 18.0 Å². The molecule has 0 bridgehead atoms. The summed E-state index contributed by atoms with van der Waals surface area (Å²) >= 11 is 0. The van der Waals surface area contributed by atoms with Crippen LogP contribution in [0.1, 0.15) is 22.8 Å². The van der Waals surface area contributed by atoms with Crippen LogP contribution in [-0.2, 0) is 14.8 Å². The Labute approximate surface area is 193 Å². The number of carbonyl (C=O) groups is 2. The second-order valence-corrected chi connectivity index (χ2v) is 8.94. The molecule has 3 aromatic rings. The van der Waals surface area contributed by atoms with Gasteiger partial charge >= 0.3 is 6.09 Å². The van der Waals surface area contributed by atoms with Crippen LogP contribution in [0.4, 0.5) is 21.9 Å². The fourth-order valence-electron chi connectivity index (χ4n) is 3.02. The number of sulfonamides is 1. The number of aryl methyl sites for hydroxylation is 1. The number of anilines is 3. The van der Waals surface area contributed by atoms with Gasteiger partial charge in [0.2, 0.25) is 0 Å². The van der Waals surface area contributed by atoms with Gasteiger partial charge in [0.05, 0.1) is 11.5 Å². The van der Waals surface area contributed by atoms with Crippen LogP contribution in [0.25, 0.3) is 0 Å². The van der Waals surface area contributed by atoms with E-state index < -0.39 is 22.0 Å². The van der Waals surface area contributed by atoms with E-state index in [1.54, 1.807) is 56.4 Å². The third kappa shape index (κ3) is 6.11. The minimum atomic E-state index is -3.87. The zero-order chi connectivity index (χ0) is 24.0. The standard InChI is InChI=1S/C24H25N3O5S/c1-4-32-24(29)27(3)21-13-11-19(12-14-21)25-23(28)18-8-6-10-22(16-18)33(30,31)26-20-9-5-7-17(2)15-20/h5-16,26H,4H2,1-3H3,(H,25,28). The van der Waals surface area contributed by atoms with E-state index in [1.165, 1.54) is 29.2 Å². The number of hydrogen-bond donors (Lipinski definition) is 2. The largest absolute Gasteiger partial charge is 0.449 e. The molecule has 172 valence electrons. The van der Waals surface area contributed by atoms with Crippen LogP contribution in [0.15, 0.2) is 77.7 Å². The topological polar surface area (TPSA) is 105 Å². The van der Waals surface area contributed by atoms with Crippen molar-refractivity contribution in [3.05, 3.63) is 83.9 Å². The van der Waals surface area contributed by atoms with Crippen LogP contribution in [0.2, 0.25) is 0 Å². The second-order valence-electron chi connectivity index (χ2n) is 7.26. The maximum atomic E-state index is 12.8. The number of amides is 2. The molecule has 0 aliphatic carbocycles. The molecule has 0 atom stereocenters. The van der Waals surface area contributed by atoms with Crippen molar-refractivity contribution in [3.63, 3.8) is 0 Å². The van der Waals surface area contributed by atoms with Crippen molar-refractivity contribution in [3.8, 4) is 0 Å². The lowest BCUT2D eigenvalue weighted by atomic mass is 10.2. The summed E-state index contributed by atoms with van der Waals surface area (Å²) in [7, 11) is -2.28. The lowest BCUT2D eigenvalue weighted by Gasteiger charge is -2.17. The Morgan fingerprint density at radius 1 is 0.939 bits per heavy atom. The Kier molecular flexibility index (Phi) is 7.34. The number of benzene rings is 3. The number of rotatable bonds is 7. The van der Waals surface area contributed by atoms with Gasteiger partial charge in [-0.2, -0.15) is 0 Å². The molecule has 0 unspecified atom stereocenters. The molecule has 2 amide bonds. The Morgan fingerprint density at radius 3 is 2.30 bits per heavy atom. The molecule has 0 aromatic heterocycles. The lowest BCUT2D eigenvalue weighted by Crippen LogP contribution is -2.26. The Bertz CT molecular complexity index is 1260. The summed E-state index contributed by atoms with van der Waals surface area (Å²) in [6.07, 6.45) is -0.480. The molecular formula is C24H25N3O5S. The molecule has 0 heterocycles. The first-order valence-electron chi connectivity index (χ1n) is 10.2. The van der Waals surface area contributed by atoms with Crippen molar-refractivity contribution in [2.75, 3.05) is 28.6 Å². The summed E-state index contributed by atoms with van der Waals surface area (Å²) in [4.78, 5) is 25.8. The van der Waals surface area contributed by atoms with Crippen molar-refractivity contribution < 1.29 is 22.7 Å². The van der Waals surface area contributed by atoms with E-state index in [2.05, 4.69) is 10.0 Å². The highest BCUT2D eigenvalue weighted by Gasteiger charge is 2.17. The van der Waals surface area contributed by atoms with Gasteiger partial charge in [-0.1, -0.05) is 18.2 Å². The SMILES string of the molecule is CCOC(=O)N(C)c1ccc(NC(=O)c2cccc(S(=O)(=O)Nc3cccc(C)c3)c2)cc1. The molecule has 33 heavy (non-hydrogen) atoms. The summed E-state index contributed by atoms with van der Waals surface area (Å²) in [5.41, 5.74) is 2.64. The highest BCUT2D eigenvalue weighted by atomic mass is 32.2. The lowest BCUT2D eigenvalue weighted by molar-refractivity contribution is 0.102. The van der Waals surface area contributed by atoms with Crippen LogP contribution in [0.3, 0.4) is 0 Å². The number of carbonyl (C=O) groups excluding carboxylic acids is 2. The van der Waals surface area contributed by atoms with Gasteiger partial charge in [0.25, 0.3) is 15.9 Å². The maximum Gasteiger partial charge on any atom is 0.413 e. The predicted molar refractivity (Wildman–Crippen MR) is 128 cm³/mol. The summed E-state index contributed by atoms with van der Waals surface area (Å²) in [6, 6.07) is 19.4. The fraction of sp³-hybridized carbons (Fsp3) is 0.167. The molecule has 0 spiro atoms. The average molecular weight is 468 g/mol. The molecule has 8 nitrogen and oxygen atoms in total. The van der Waals surface area contributed by atoms with Crippen LogP contribution < -0.4 is 14.9 Å². The van der Waals surface area contributed by atoms with Crippen molar-refractivity contribution in [1.29, 1.82) is 0 Å². The minimum absolute atomic E-state index is 0.0249. The zero-order valence-corrected chi connectivity index (χ0v) is 19.3. The first-order chi connectivity index (χ1) is 15.7. The normalized spacial score (nSPS) is 10.9. The van der Waals surface area contributed by atoms with Gasteiger partial charge in [-0.05, 0) is 74.0 Å². The van der Waals surface area contributed by atoms with E-state index in [-0.39, 0.29) is 17.1 Å². The first-order valence-corrected chi connectivity index (χ1v) is 11.7. The smallest absolute Gasteiger partial charge is 0.413 e. The molecule has 2 N–H and O–H groups in total. The molecule has 0 aliphatic rings. The van der Waals surface area contributed by atoms with Gasteiger partial charge in [-0.3, -0.25) is 14.4 Å². The number of ether oxygens (including phenoxy) is 1. The highest BCUT2D eigenvalue weighted by molar-refractivity contribution is 7.92. The van der Waals surface area contributed by atoms with Gasteiger partial charge in [0, 0.05) is 29.7 Å². The van der Waals surface area contributed by atoms with Gasteiger partial charge in [-0.25, -0.2) is 13.2 Å². The Balaban J connectivity index is 1.72. The third-order valence-electron chi connectivity index (χ3n) is 4.73. The summed E-state index contributed by atoms with van der Waals surface area (Å²) in [5, 5.41) is 2.73. The van der Waals surface area contributed by atoms with E-state index in [1.807, 2.05) is 13.0 Å². The summed E-state index contributed by atoms with van der Waals surface area (Å²) < 4.78 is 33.0. The third-order valence-corrected chi connectivity index (χ3v) is 6.11. The monoisotopic (exact) mass is 467 g/mol. The molecule has 0 radical (unpaired) electrons. The van der Waals surface area contributed by atoms with Gasteiger partial charge in [-0.15, -0.1) is 0 Å². The van der Waals surface area contributed by atoms with Gasteiger partial charge < -0.3 is 10.1 Å². The molecular weight excluding hydrogens is 442 g/mol. The van der Waals surface area contributed by atoms with Crippen LogP contribution in [-0.4, -0.2) is 34.1 Å². The minimum Gasteiger partial charge on any atom is -0.449 e. The van der Waals surface area contributed by atoms with Crippen LogP contribution in [0, 0.1) is 6.92 Å². The van der Waals surface area contributed by atoms with Gasteiger partial charge in [0.15, 0.2) is 0 Å². The van der Waals surface area contributed by atoms with Crippen LogP contribution >= 0.6 is 0 Å². The summed E-state index contributed by atoms with van der Waals surface area (Å²) in [5.74, 6) is -0.464. The average Bonchev–Trinajstić information content (AvgIpc) is 2.79. The number of nitrogens with one attached hydrogen (secondary N) is 2. The van der Waals surface area contributed by atoms with E-state index >= 15 is 0 Å². The maximum absolute atomic E-state index is 12.8. The molecule has 9 heteroatoms. The molecule has 3 rings (SSSR count). The number of hydrogen-bond acceptors (Lipinski definition) is 5. The summed E-state index contributed by atoms with van der Waals surface area (Å²) in [6.45, 7) is 3.86. The van der Waals surface area contributed by atoms with Gasteiger partial charge in [0.1, 0.15) is 0 Å². The molecule has 0 saturated carbocycles. The quantitative estimate of drug-likeness (QED) is 0.527. The van der Waals surface area contributed by atoms with E-state index in [0.29, 0.717) is 17.1 Å². The van der Waals surface area contributed by atoms with E-state index in [0.717, 1.165) is 5.56 Å². The Morgan fingerprint density at radius 2 is 1.64 bits per heavy atom. The van der Waals surface area contributed by atoms with Crippen molar-refractivity contribution in [1.82, 2.24) is 0 Å². The molecule has 0 aliphatic heterocycles. The second kappa shape index (κ2) is 10.2. The van der Waals surface area contributed by atoms with Crippen molar-refractivity contribution in [2.24, 2.45) is 0 Å². The highest BCUT2D eigenvalue weighted by Crippen LogP contribution is 2.21. The fourth-order valence-corrected chi connectivity index (χ4v) is 4.12. The Hall–Kier alpha value is -3.85. The number of nitrogens with zero attached hydrogens (tertiary/aromatic N) is 1. The predicted octanol–water partition coefficient (Wildman–Crippen LogP) is 4.64. The van der Waals surface area contributed by atoms with Crippen molar-refractivity contribution >= 4 is 39.1 Å². The van der Waals surface area contributed by atoms with E-state index in [4.69, 9.17) is 4.74 Å². The zero-order valence-electron chi connectivity index (χ0n) is 18.5. The molecule has 3 aromatic carbocycles. The van der Waals surface area contributed by atoms with Crippen LogP contribution in [0.5, 0.6) is 0 Å². The molecule has 0 fully saturated rings. The molecule has 0 saturated heterocycles. The van der Waals surface area contributed by atoms with Crippen molar-refractivity contribution in [2.45, 2.75) is 18.7 Å². The first kappa shape index (κ1) is 23.8.